The van der Waals surface area contributed by atoms with Gasteiger partial charge in [-0.1, -0.05) is 29.3 Å². The summed E-state index contributed by atoms with van der Waals surface area (Å²) in [7, 11) is 0. The van der Waals surface area contributed by atoms with Gasteiger partial charge in [0.25, 0.3) is 0 Å². The fourth-order valence-corrected chi connectivity index (χ4v) is 3.26. The van der Waals surface area contributed by atoms with Crippen LogP contribution in [0.3, 0.4) is 0 Å². The van der Waals surface area contributed by atoms with Gasteiger partial charge in [-0.2, -0.15) is 0 Å². The Morgan fingerprint density at radius 2 is 1.65 bits per heavy atom. The average Bonchev–Trinajstić information content (AvgIpc) is 2.99. The highest BCUT2D eigenvalue weighted by Crippen LogP contribution is 2.32. The zero-order valence-corrected chi connectivity index (χ0v) is 13.8. The van der Waals surface area contributed by atoms with Crippen molar-refractivity contribution in [2.45, 2.75) is 18.6 Å². The van der Waals surface area contributed by atoms with Crippen molar-refractivity contribution in [3.63, 3.8) is 0 Å². The highest BCUT2D eigenvalue weighted by molar-refractivity contribution is 6.44. The molecule has 0 atom stereocenters. The second-order valence-electron chi connectivity index (χ2n) is 5.45. The number of piperidine rings is 1. The molecule has 0 bridgehead atoms. The van der Waals surface area contributed by atoms with Crippen LogP contribution in [-0.4, -0.2) is 48.8 Å². The van der Waals surface area contributed by atoms with E-state index < -0.39 is 17.6 Å². The maximum atomic E-state index is 12.3. The summed E-state index contributed by atoms with van der Waals surface area (Å²) in [5, 5.41) is 3.04. The molecule has 1 N–H and O–H groups in total. The number of carbonyl (C=O) groups excluding carboxylic acids is 2. The molecule has 124 valence electrons. The number of hydrogen-bond donors (Lipinski definition) is 1. The van der Waals surface area contributed by atoms with Crippen LogP contribution in [0.2, 0.25) is 10.0 Å². The number of amides is 2. The first-order valence-electron chi connectivity index (χ1n) is 7.33. The molecule has 2 heterocycles. The van der Waals surface area contributed by atoms with E-state index in [1.165, 1.54) is 4.90 Å². The number of carbonyl (C=O) groups is 2. The van der Waals surface area contributed by atoms with Gasteiger partial charge in [-0.15, -0.1) is 0 Å². The monoisotopic (exact) mass is 358 g/mol. The number of benzene rings is 1. The van der Waals surface area contributed by atoms with E-state index in [1.54, 1.807) is 18.2 Å². The second kappa shape index (κ2) is 6.65. The fourth-order valence-electron chi connectivity index (χ4n) is 2.76. The molecule has 3 rings (SSSR count). The molecule has 2 aliphatic rings. The molecule has 6 nitrogen and oxygen atoms in total. The summed E-state index contributed by atoms with van der Waals surface area (Å²) < 4.78 is 11.2. The fraction of sp³-hybridized carbons (Fsp3) is 0.467. The van der Waals surface area contributed by atoms with Crippen molar-refractivity contribution in [1.29, 1.82) is 0 Å². The van der Waals surface area contributed by atoms with Crippen molar-refractivity contribution in [3.8, 4) is 0 Å². The lowest BCUT2D eigenvalue weighted by atomic mass is 10.0. The van der Waals surface area contributed by atoms with Crippen LogP contribution < -0.4 is 5.32 Å². The standard InChI is InChI=1S/C15H16Cl2N2O4/c16-10-2-1-3-11(17)12(10)18-13(20)14(21)19-6-4-15(5-7-19)22-8-9-23-15/h1-3H,4-9H2,(H,18,20). The van der Waals surface area contributed by atoms with E-state index in [0.29, 0.717) is 39.1 Å². The molecule has 2 aliphatic heterocycles. The molecule has 0 saturated carbocycles. The smallest absolute Gasteiger partial charge is 0.313 e. The van der Waals surface area contributed by atoms with Gasteiger partial charge in [-0.3, -0.25) is 9.59 Å². The van der Waals surface area contributed by atoms with Gasteiger partial charge in [-0.25, -0.2) is 0 Å². The number of halogens is 2. The predicted molar refractivity (Wildman–Crippen MR) is 85.5 cm³/mol. The largest absolute Gasteiger partial charge is 0.347 e. The van der Waals surface area contributed by atoms with Gasteiger partial charge in [0.05, 0.1) is 28.9 Å². The van der Waals surface area contributed by atoms with E-state index in [4.69, 9.17) is 32.7 Å². The number of rotatable bonds is 1. The first kappa shape index (κ1) is 16.5. The predicted octanol–water partition coefficient (Wildman–Crippen LogP) is 2.30. The summed E-state index contributed by atoms with van der Waals surface area (Å²) in [6.45, 7) is 1.95. The van der Waals surface area contributed by atoms with Gasteiger partial charge in [0.2, 0.25) is 0 Å². The summed E-state index contributed by atoms with van der Waals surface area (Å²) in [6, 6.07) is 4.84. The summed E-state index contributed by atoms with van der Waals surface area (Å²) in [6.07, 6.45) is 1.11. The molecule has 0 aliphatic carbocycles. The lowest BCUT2D eigenvalue weighted by Gasteiger charge is -2.37. The Labute approximate surface area is 143 Å². The van der Waals surface area contributed by atoms with E-state index in [2.05, 4.69) is 5.32 Å². The number of ether oxygens (including phenoxy) is 2. The Hall–Kier alpha value is -1.34. The zero-order chi connectivity index (χ0) is 16.4. The van der Waals surface area contributed by atoms with E-state index in [0.717, 1.165) is 0 Å². The molecule has 2 saturated heterocycles. The maximum absolute atomic E-state index is 12.3. The Kier molecular flexibility index (Phi) is 4.77. The van der Waals surface area contributed by atoms with Crippen LogP contribution in [0.15, 0.2) is 18.2 Å². The quantitative estimate of drug-likeness (QED) is 0.782. The van der Waals surface area contributed by atoms with Crippen molar-refractivity contribution in [1.82, 2.24) is 4.90 Å². The number of hydrogen-bond acceptors (Lipinski definition) is 4. The molecule has 2 amide bonds. The van der Waals surface area contributed by atoms with Crippen LogP contribution in [0.1, 0.15) is 12.8 Å². The van der Waals surface area contributed by atoms with Crippen LogP contribution in [0, 0.1) is 0 Å². The molecule has 0 aromatic heterocycles. The number of likely N-dealkylation sites (tertiary alicyclic amines) is 1. The van der Waals surface area contributed by atoms with Crippen LogP contribution in [0.25, 0.3) is 0 Å². The molecular weight excluding hydrogens is 343 g/mol. The van der Waals surface area contributed by atoms with Gasteiger partial charge in [-0.05, 0) is 12.1 Å². The lowest BCUT2D eigenvalue weighted by Crippen LogP contribution is -2.50. The SMILES string of the molecule is O=C(Nc1c(Cl)cccc1Cl)C(=O)N1CCC2(CC1)OCCO2. The average molecular weight is 359 g/mol. The lowest BCUT2D eigenvalue weighted by molar-refractivity contribution is -0.187. The number of nitrogens with one attached hydrogen (secondary N) is 1. The Morgan fingerprint density at radius 1 is 1.09 bits per heavy atom. The molecule has 1 aromatic rings. The second-order valence-corrected chi connectivity index (χ2v) is 6.26. The molecule has 1 spiro atoms. The van der Waals surface area contributed by atoms with Crippen molar-refractivity contribution in [3.05, 3.63) is 28.2 Å². The number of anilines is 1. The summed E-state index contributed by atoms with van der Waals surface area (Å²) in [5.74, 6) is -1.96. The third-order valence-electron chi connectivity index (χ3n) is 4.02. The summed E-state index contributed by atoms with van der Waals surface area (Å²) in [4.78, 5) is 25.9. The first-order chi connectivity index (χ1) is 11.0. The molecule has 23 heavy (non-hydrogen) atoms. The topological polar surface area (TPSA) is 67.9 Å². The molecule has 8 heteroatoms. The highest BCUT2D eigenvalue weighted by atomic mass is 35.5. The minimum Gasteiger partial charge on any atom is -0.347 e. The van der Waals surface area contributed by atoms with Crippen LogP contribution in [-0.2, 0) is 19.1 Å². The third kappa shape index (κ3) is 3.45. The molecule has 0 unspecified atom stereocenters. The number of nitrogens with zero attached hydrogens (tertiary/aromatic N) is 1. The van der Waals surface area contributed by atoms with Gasteiger partial charge in [0.1, 0.15) is 0 Å². The normalized spacial score (nSPS) is 19.8. The van der Waals surface area contributed by atoms with E-state index in [9.17, 15) is 9.59 Å². The van der Waals surface area contributed by atoms with E-state index in [1.807, 2.05) is 0 Å². The summed E-state index contributed by atoms with van der Waals surface area (Å²) >= 11 is 12.0. The van der Waals surface area contributed by atoms with E-state index >= 15 is 0 Å². The molecule has 1 aromatic carbocycles. The van der Waals surface area contributed by atoms with Crippen molar-refractivity contribution in [2.24, 2.45) is 0 Å². The third-order valence-corrected chi connectivity index (χ3v) is 4.65. The Bertz CT molecular complexity index is 602. The first-order valence-corrected chi connectivity index (χ1v) is 8.08. The van der Waals surface area contributed by atoms with Crippen molar-refractivity contribution >= 4 is 40.7 Å². The molecule has 2 fully saturated rings. The van der Waals surface area contributed by atoms with Crippen molar-refractivity contribution < 1.29 is 19.1 Å². The Balaban J connectivity index is 1.61. The maximum Gasteiger partial charge on any atom is 0.313 e. The molecule has 0 radical (unpaired) electrons. The van der Waals surface area contributed by atoms with Crippen LogP contribution in [0.4, 0.5) is 5.69 Å². The van der Waals surface area contributed by atoms with Gasteiger partial charge >= 0.3 is 11.8 Å². The minimum atomic E-state index is -0.760. The van der Waals surface area contributed by atoms with Crippen molar-refractivity contribution in [2.75, 3.05) is 31.6 Å². The van der Waals surface area contributed by atoms with Crippen LogP contribution in [0.5, 0.6) is 0 Å². The minimum absolute atomic E-state index is 0.241. The van der Waals surface area contributed by atoms with Crippen LogP contribution >= 0.6 is 23.2 Å². The summed E-state index contributed by atoms with van der Waals surface area (Å²) in [5.41, 5.74) is 0.241. The highest BCUT2D eigenvalue weighted by Gasteiger charge is 2.41. The molecular formula is C15H16Cl2N2O4. The van der Waals surface area contributed by atoms with Gasteiger partial charge in [0, 0.05) is 25.9 Å². The number of para-hydroxylation sites is 1. The van der Waals surface area contributed by atoms with Gasteiger partial charge < -0.3 is 19.7 Å². The zero-order valence-electron chi connectivity index (χ0n) is 12.3. The van der Waals surface area contributed by atoms with E-state index in [-0.39, 0.29) is 15.7 Å². The Morgan fingerprint density at radius 3 is 2.22 bits per heavy atom. The van der Waals surface area contributed by atoms with Gasteiger partial charge in [0.15, 0.2) is 5.79 Å².